The van der Waals surface area contributed by atoms with Crippen molar-refractivity contribution >= 4 is 11.6 Å². The Bertz CT molecular complexity index is 799. The minimum atomic E-state index is -0.151. The van der Waals surface area contributed by atoms with Crippen LogP contribution in [0.2, 0.25) is 0 Å². The number of ether oxygens (including phenoxy) is 5. The molecule has 2 aromatic carbocycles. The van der Waals surface area contributed by atoms with Crippen LogP contribution in [-0.2, 0) is 11.3 Å². The lowest BCUT2D eigenvalue weighted by Crippen LogP contribution is -2.29. The molecule has 3 rings (SSSR count). The van der Waals surface area contributed by atoms with Crippen molar-refractivity contribution in [3.05, 3.63) is 35.9 Å². The molecule has 0 saturated carbocycles. The quantitative estimate of drug-likeness (QED) is 0.732. The molecule has 0 radical (unpaired) electrons. The molecule has 0 unspecified atom stereocenters. The molecule has 0 bridgehead atoms. The first kappa shape index (κ1) is 18.5. The van der Waals surface area contributed by atoms with Crippen molar-refractivity contribution in [3.63, 3.8) is 0 Å². The summed E-state index contributed by atoms with van der Waals surface area (Å²) in [6.45, 7) is 0.722. The van der Waals surface area contributed by atoms with Crippen molar-refractivity contribution in [3.8, 4) is 28.7 Å². The molecular formula is C19H22N2O6. The summed E-state index contributed by atoms with van der Waals surface area (Å²) in [4.78, 5) is 12.1. The molecule has 0 saturated heterocycles. The second kappa shape index (κ2) is 8.39. The van der Waals surface area contributed by atoms with Crippen LogP contribution in [0.1, 0.15) is 5.56 Å². The predicted octanol–water partition coefficient (Wildman–Crippen LogP) is 2.17. The molecule has 0 atom stereocenters. The third-order valence-corrected chi connectivity index (χ3v) is 4.04. The molecule has 2 N–H and O–H groups in total. The van der Waals surface area contributed by atoms with E-state index in [1.165, 1.54) is 7.11 Å². The monoisotopic (exact) mass is 374 g/mol. The molecule has 0 aromatic heterocycles. The minimum Gasteiger partial charge on any atom is -0.493 e. The average molecular weight is 374 g/mol. The van der Waals surface area contributed by atoms with Crippen molar-refractivity contribution < 1.29 is 28.5 Å². The summed E-state index contributed by atoms with van der Waals surface area (Å²) in [5, 5.41) is 5.91. The molecule has 1 aliphatic rings. The van der Waals surface area contributed by atoms with E-state index < -0.39 is 0 Å². The molecular weight excluding hydrogens is 352 g/mol. The summed E-state index contributed by atoms with van der Waals surface area (Å²) in [7, 11) is 4.62. The third-order valence-electron chi connectivity index (χ3n) is 4.04. The number of carbonyl (C=O) groups is 1. The van der Waals surface area contributed by atoms with Gasteiger partial charge < -0.3 is 34.3 Å². The fourth-order valence-corrected chi connectivity index (χ4v) is 2.68. The second-order valence-electron chi connectivity index (χ2n) is 5.73. The Kier molecular flexibility index (Phi) is 5.75. The number of carbonyl (C=O) groups excluding carboxylic acids is 1. The Morgan fingerprint density at radius 3 is 2.37 bits per heavy atom. The predicted molar refractivity (Wildman–Crippen MR) is 99.0 cm³/mol. The molecule has 8 nitrogen and oxygen atoms in total. The highest BCUT2D eigenvalue weighted by atomic mass is 16.7. The number of hydrogen-bond acceptors (Lipinski definition) is 7. The van der Waals surface area contributed by atoms with Gasteiger partial charge in [-0.1, -0.05) is 6.07 Å². The Morgan fingerprint density at radius 2 is 1.70 bits per heavy atom. The van der Waals surface area contributed by atoms with Gasteiger partial charge in [0.1, 0.15) is 0 Å². The lowest BCUT2D eigenvalue weighted by Gasteiger charge is -2.15. The zero-order valence-corrected chi connectivity index (χ0v) is 15.5. The lowest BCUT2D eigenvalue weighted by atomic mass is 10.2. The lowest BCUT2D eigenvalue weighted by molar-refractivity contribution is -0.119. The van der Waals surface area contributed by atoms with Gasteiger partial charge in [0.15, 0.2) is 23.0 Å². The largest absolute Gasteiger partial charge is 0.493 e. The highest BCUT2D eigenvalue weighted by Gasteiger charge is 2.15. The van der Waals surface area contributed by atoms with E-state index in [2.05, 4.69) is 10.6 Å². The topological polar surface area (TPSA) is 87.3 Å². The van der Waals surface area contributed by atoms with Crippen molar-refractivity contribution in [2.75, 3.05) is 40.0 Å². The van der Waals surface area contributed by atoms with Gasteiger partial charge in [-0.2, -0.15) is 0 Å². The summed E-state index contributed by atoms with van der Waals surface area (Å²) < 4.78 is 26.5. The number of rotatable bonds is 8. The van der Waals surface area contributed by atoms with Crippen LogP contribution in [0.4, 0.5) is 5.69 Å². The molecule has 8 heteroatoms. The van der Waals surface area contributed by atoms with Crippen molar-refractivity contribution in [1.82, 2.24) is 5.32 Å². The maximum Gasteiger partial charge on any atom is 0.239 e. The van der Waals surface area contributed by atoms with E-state index in [9.17, 15) is 4.79 Å². The first-order valence-corrected chi connectivity index (χ1v) is 8.33. The Morgan fingerprint density at radius 1 is 1.00 bits per heavy atom. The summed E-state index contributed by atoms with van der Waals surface area (Å²) in [5.74, 6) is 2.78. The van der Waals surface area contributed by atoms with E-state index in [0.717, 1.165) is 5.56 Å². The van der Waals surface area contributed by atoms with Crippen molar-refractivity contribution in [2.24, 2.45) is 0 Å². The molecule has 1 amide bonds. The van der Waals surface area contributed by atoms with E-state index in [4.69, 9.17) is 23.7 Å². The summed E-state index contributed by atoms with van der Waals surface area (Å²) in [6.07, 6.45) is 0. The van der Waals surface area contributed by atoms with Crippen molar-refractivity contribution in [2.45, 2.75) is 6.54 Å². The molecule has 1 aliphatic heterocycles. The minimum absolute atomic E-state index is 0.100. The maximum atomic E-state index is 12.1. The van der Waals surface area contributed by atoms with Gasteiger partial charge in [-0.05, 0) is 17.7 Å². The fourth-order valence-electron chi connectivity index (χ4n) is 2.68. The molecule has 0 fully saturated rings. The Hall–Kier alpha value is -3.29. The van der Waals surface area contributed by atoms with Crippen LogP contribution < -0.4 is 34.3 Å². The number of benzene rings is 2. The normalized spacial score (nSPS) is 11.7. The summed E-state index contributed by atoms with van der Waals surface area (Å²) in [5.41, 5.74) is 1.61. The number of nitrogens with one attached hydrogen (secondary N) is 2. The second-order valence-corrected chi connectivity index (χ2v) is 5.73. The van der Waals surface area contributed by atoms with Gasteiger partial charge in [-0.3, -0.25) is 4.79 Å². The van der Waals surface area contributed by atoms with Crippen molar-refractivity contribution in [1.29, 1.82) is 0 Å². The molecule has 1 heterocycles. The highest BCUT2D eigenvalue weighted by Crippen LogP contribution is 2.39. The van der Waals surface area contributed by atoms with Crippen LogP contribution in [0.15, 0.2) is 30.3 Å². The van der Waals surface area contributed by atoms with Gasteiger partial charge in [-0.15, -0.1) is 0 Å². The first-order valence-electron chi connectivity index (χ1n) is 8.33. The van der Waals surface area contributed by atoms with Crippen LogP contribution in [0.25, 0.3) is 0 Å². The molecule has 27 heavy (non-hydrogen) atoms. The van der Waals surface area contributed by atoms with Crippen LogP contribution in [0.5, 0.6) is 28.7 Å². The fraction of sp³-hybridized carbons (Fsp3) is 0.316. The SMILES string of the molecule is COc1cc(NCC(=O)NCc2ccc3c(c2)OCO3)cc(OC)c1OC. The van der Waals surface area contributed by atoms with Gasteiger partial charge in [0.05, 0.1) is 27.9 Å². The smallest absolute Gasteiger partial charge is 0.239 e. The number of methoxy groups -OCH3 is 3. The van der Waals surface area contributed by atoms with E-state index in [1.54, 1.807) is 26.4 Å². The molecule has 0 aliphatic carbocycles. The summed E-state index contributed by atoms with van der Waals surface area (Å²) >= 11 is 0. The molecule has 2 aromatic rings. The standard InChI is InChI=1S/C19H22N2O6/c1-23-16-7-13(8-17(24-2)19(16)25-3)20-10-18(22)21-9-12-4-5-14-15(6-12)27-11-26-14/h4-8,20H,9-11H2,1-3H3,(H,21,22). The van der Waals surface area contributed by atoms with E-state index >= 15 is 0 Å². The van der Waals surface area contributed by atoms with Gasteiger partial charge in [-0.25, -0.2) is 0 Å². The number of anilines is 1. The highest BCUT2D eigenvalue weighted by molar-refractivity contribution is 5.81. The molecule has 0 spiro atoms. The zero-order chi connectivity index (χ0) is 19.2. The van der Waals surface area contributed by atoms with Gasteiger partial charge in [0, 0.05) is 24.4 Å². The van der Waals surface area contributed by atoms with Gasteiger partial charge >= 0.3 is 0 Å². The number of hydrogen-bond donors (Lipinski definition) is 2. The Labute approximate surface area is 157 Å². The number of amides is 1. The first-order chi connectivity index (χ1) is 13.1. The average Bonchev–Trinajstić information content (AvgIpc) is 3.17. The number of fused-ring (bicyclic) bond motifs is 1. The van der Waals surface area contributed by atoms with Crippen LogP contribution in [-0.4, -0.2) is 40.6 Å². The van der Waals surface area contributed by atoms with E-state index in [-0.39, 0.29) is 19.2 Å². The van der Waals surface area contributed by atoms with Crippen LogP contribution in [0, 0.1) is 0 Å². The van der Waals surface area contributed by atoms with Gasteiger partial charge in [0.25, 0.3) is 0 Å². The summed E-state index contributed by atoms with van der Waals surface area (Å²) in [6, 6.07) is 9.06. The third kappa shape index (κ3) is 4.28. The molecule has 144 valence electrons. The van der Waals surface area contributed by atoms with Crippen LogP contribution in [0.3, 0.4) is 0 Å². The maximum absolute atomic E-state index is 12.1. The van der Waals surface area contributed by atoms with Crippen LogP contribution >= 0.6 is 0 Å². The van der Waals surface area contributed by atoms with Gasteiger partial charge in [0.2, 0.25) is 18.4 Å². The van der Waals surface area contributed by atoms with E-state index in [1.807, 2.05) is 18.2 Å². The Balaban J connectivity index is 1.56. The van der Waals surface area contributed by atoms with E-state index in [0.29, 0.717) is 41.0 Å². The zero-order valence-electron chi connectivity index (χ0n) is 15.5.